The van der Waals surface area contributed by atoms with Gasteiger partial charge in [-0.05, 0) is 0 Å². The van der Waals surface area contributed by atoms with Gasteiger partial charge in [0.15, 0.2) is 0 Å². The van der Waals surface area contributed by atoms with Crippen molar-refractivity contribution in [1.29, 1.82) is 0 Å². The molecule has 1 aliphatic carbocycles. The van der Waals surface area contributed by atoms with Crippen LogP contribution < -0.4 is 0 Å². The molecule has 0 heterocycles. The molecule has 0 radical (unpaired) electrons. The number of hydrogen-bond donors (Lipinski definition) is 0. The normalized spacial score (nSPS) is 13.1. The predicted octanol–water partition coefficient (Wildman–Crippen LogP) is 5.76. The van der Waals surface area contributed by atoms with E-state index in [0.29, 0.717) is 11.3 Å². The standard InChI is InChI=1S/C8H17.C6H7.CH3.H2N.Ti/c1-6-7(2)8(3,4)5;1-6-4-2-3-5-6;;;/h6H2,1-5H3;2-6H,1H2;1H3;1H2;/q4*-1;+4. The van der Waals surface area contributed by atoms with Crippen LogP contribution in [-0.4, -0.2) is 0 Å². The van der Waals surface area contributed by atoms with E-state index in [0.717, 1.165) is 0 Å². The van der Waals surface area contributed by atoms with Crippen molar-refractivity contribution in [3.05, 3.63) is 50.7 Å². The topological polar surface area (TPSA) is 33.5 Å². The van der Waals surface area contributed by atoms with Crippen molar-refractivity contribution in [2.45, 2.75) is 41.0 Å². The molecule has 0 aliphatic heterocycles. The number of rotatable bonds is 1. The summed E-state index contributed by atoms with van der Waals surface area (Å²) >= 11 is 0. The summed E-state index contributed by atoms with van der Waals surface area (Å²) in [5.74, 6) is 2.02. The van der Waals surface area contributed by atoms with Gasteiger partial charge < -0.3 is 26.4 Å². The van der Waals surface area contributed by atoms with Crippen LogP contribution in [0.1, 0.15) is 41.0 Å². The molecule has 98 valence electrons. The Labute approximate surface area is 125 Å². The summed E-state index contributed by atoms with van der Waals surface area (Å²) in [4.78, 5) is 0. The molecule has 0 aromatic heterocycles. The zero-order valence-corrected chi connectivity index (χ0v) is 13.9. The largest absolute Gasteiger partial charge is 4.00 e. The minimum atomic E-state index is 0. The molecule has 0 fully saturated rings. The molecule has 0 spiro atoms. The molecule has 0 saturated heterocycles. The van der Waals surface area contributed by atoms with Gasteiger partial charge >= 0.3 is 21.7 Å². The summed E-state index contributed by atoms with van der Waals surface area (Å²) < 4.78 is 0. The Balaban J connectivity index is -0.0000000860. The monoisotopic (exact) mass is 271 g/mol. The van der Waals surface area contributed by atoms with Crippen LogP contribution in [0.15, 0.2) is 24.3 Å². The van der Waals surface area contributed by atoms with Crippen molar-refractivity contribution in [2.75, 3.05) is 0 Å². The Bertz CT molecular complexity index is 189. The second kappa shape index (κ2) is 12.6. The molecule has 0 aromatic rings. The van der Waals surface area contributed by atoms with E-state index in [2.05, 4.69) is 53.7 Å². The summed E-state index contributed by atoms with van der Waals surface area (Å²) in [6.07, 6.45) is 9.35. The Kier molecular flexibility index (Phi) is 19.2. The number of nitrogens with two attached hydrogens (primary N) is 1. The zero-order chi connectivity index (χ0) is 11.2. The Morgan fingerprint density at radius 1 is 1.18 bits per heavy atom. The van der Waals surface area contributed by atoms with Crippen molar-refractivity contribution in [3.8, 4) is 0 Å². The fraction of sp³-hybridized carbons (Fsp3) is 0.533. The van der Waals surface area contributed by atoms with Gasteiger partial charge in [-0.3, -0.25) is 0 Å². The third-order valence-electron chi connectivity index (χ3n) is 2.64. The van der Waals surface area contributed by atoms with E-state index < -0.39 is 0 Å². The molecule has 0 unspecified atom stereocenters. The molecule has 0 atom stereocenters. The predicted molar refractivity (Wildman–Crippen MR) is 77.5 cm³/mol. The molecular formula is C15H29NTi. The van der Waals surface area contributed by atoms with Crippen LogP contribution in [0.3, 0.4) is 0 Å². The number of hydrogen-bond acceptors (Lipinski definition) is 0. The first kappa shape index (κ1) is 25.9. The van der Waals surface area contributed by atoms with Crippen LogP contribution in [0.5, 0.6) is 0 Å². The number of allylic oxidation sites excluding steroid dienone is 4. The Morgan fingerprint density at radius 3 is 1.59 bits per heavy atom. The summed E-state index contributed by atoms with van der Waals surface area (Å²) in [5, 5.41) is 0. The second-order valence-electron chi connectivity index (χ2n) is 4.82. The fourth-order valence-electron chi connectivity index (χ4n) is 1.01. The average molecular weight is 271 g/mol. The van der Waals surface area contributed by atoms with Crippen LogP contribution in [0.4, 0.5) is 0 Å². The van der Waals surface area contributed by atoms with E-state index >= 15 is 0 Å². The first-order valence-corrected chi connectivity index (χ1v) is 5.39. The van der Waals surface area contributed by atoms with Gasteiger partial charge in [-0.2, -0.15) is 18.8 Å². The Hall–Kier alpha value is 0.154. The maximum Gasteiger partial charge on any atom is 4.00 e. The van der Waals surface area contributed by atoms with E-state index in [1.54, 1.807) is 5.92 Å². The summed E-state index contributed by atoms with van der Waals surface area (Å²) in [7, 11) is 0. The molecule has 0 aromatic carbocycles. The van der Waals surface area contributed by atoms with Gasteiger partial charge in [0.2, 0.25) is 0 Å². The first-order chi connectivity index (χ1) is 6.38. The SMILES string of the molecule is CC[C-](C)C(C)(C)C.[CH2-]C1C=CC=C1.[CH3-].[NH2-].[Ti+4]. The van der Waals surface area contributed by atoms with Gasteiger partial charge in [0.1, 0.15) is 0 Å². The minimum absolute atomic E-state index is 0. The van der Waals surface area contributed by atoms with Crippen molar-refractivity contribution in [3.63, 3.8) is 0 Å². The van der Waals surface area contributed by atoms with E-state index in [9.17, 15) is 0 Å². The molecular weight excluding hydrogens is 242 g/mol. The van der Waals surface area contributed by atoms with E-state index in [4.69, 9.17) is 0 Å². The van der Waals surface area contributed by atoms with Crippen LogP contribution in [-0.2, 0) is 21.7 Å². The molecule has 1 nitrogen and oxygen atoms in total. The summed E-state index contributed by atoms with van der Waals surface area (Å²) in [6.45, 7) is 15.0. The van der Waals surface area contributed by atoms with E-state index in [-0.39, 0.29) is 35.3 Å². The first-order valence-electron chi connectivity index (χ1n) is 5.39. The molecule has 1 rings (SSSR count). The smallest absolute Gasteiger partial charge is 0.693 e. The third kappa shape index (κ3) is 14.1. The molecule has 17 heavy (non-hydrogen) atoms. The van der Waals surface area contributed by atoms with E-state index in [1.807, 2.05) is 12.2 Å². The van der Waals surface area contributed by atoms with Gasteiger partial charge in [0, 0.05) is 0 Å². The maximum atomic E-state index is 3.76. The van der Waals surface area contributed by atoms with Crippen LogP contribution in [0.2, 0.25) is 0 Å². The molecule has 1 aliphatic rings. The van der Waals surface area contributed by atoms with Crippen molar-refractivity contribution < 1.29 is 21.7 Å². The molecule has 0 bridgehead atoms. The Morgan fingerprint density at radius 2 is 1.53 bits per heavy atom. The van der Waals surface area contributed by atoms with Crippen LogP contribution >= 0.6 is 0 Å². The van der Waals surface area contributed by atoms with Gasteiger partial charge in [-0.1, -0.05) is 39.8 Å². The van der Waals surface area contributed by atoms with Gasteiger partial charge in [-0.25, -0.2) is 0 Å². The van der Waals surface area contributed by atoms with Crippen LogP contribution in [0.25, 0.3) is 6.15 Å². The molecule has 2 N–H and O–H groups in total. The van der Waals surface area contributed by atoms with Gasteiger partial charge in [0.25, 0.3) is 0 Å². The molecule has 0 amide bonds. The third-order valence-corrected chi connectivity index (χ3v) is 2.64. The fourth-order valence-corrected chi connectivity index (χ4v) is 1.01. The van der Waals surface area contributed by atoms with Crippen molar-refractivity contribution in [1.82, 2.24) is 0 Å². The van der Waals surface area contributed by atoms with Crippen molar-refractivity contribution >= 4 is 0 Å². The van der Waals surface area contributed by atoms with Crippen molar-refractivity contribution in [2.24, 2.45) is 11.3 Å². The quantitative estimate of drug-likeness (QED) is 0.429. The molecule has 2 heteroatoms. The average Bonchev–Trinajstić information content (AvgIpc) is 2.54. The minimum Gasteiger partial charge on any atom is -0.693 e. The zero-order valence-electron chi connectivity index (χ0n) is 12.4. The summed E-state index contributed by atoms with van der Waals surface area (Å²) in [5.41, 5.74) is 0.425. The van der Waals surface area contributed by atoms with Gasteiger partial charge in [-0.15, -0.1) is 18.1 Å². The van der Waals surface area contributed by atoms with E-state index in [1.165, 1.54) is 6.42 Å². The van der Waals surface area contributed by atoms with Gasteiger partial charge in [0.05, 0.1) is 0 Å². The summed E-state index contributed by atoms with van der Waals surface area (Å²) in [6, 6.07) is 0. The van der Waals surface area contributed by atoms with Crippen LogP contribution in [0, 0.1) is 31.6 Å². The second-order valence-corrected chi connectivity index (χ2v) is 4.82. The molecule has 0 saturated carbocycles. The maximum absolute atomic E-state index is 3.76.